The Morgan fingerprint density at radius 2 is 1.48 bits per heavy atom. The van der Waals surface area contributed by atoms with Gasteiger partial charge in [0.25, 0.3) is 0 Å². The molecule has 2 aromatic rings. The SMILES string of the molecule is COc1ccccc1S(=O)(=O)N1CCC(N2CCC(Oc3ccccc3F)CC2)CC1. The van der Waals surface area contributed by atoms with Crippen molar-refractivity contribution in [2.24, 2.45) is 0 Å². The van der Waals surface area contributed by atoms with E-state index in [1.54, 1.807) is 46.8 Å². The number of halogens is 1. The highest BCUT2D eigenvalue weighted by molar-refractivity contribution is 7.89. The Labute approximate surface area is 183 Å². The van der Waals surface area contributed by atoms with Crippen LogP contribution in [0.3, 0.4) is 0 Å². The van der Waals surface area contributed by atoms with Gasteiger partial charge in [0, 0.05) is 32.2 Å². The number of nitrogens with zero attached hydrogens (tertiary/aromatic N) is 2. The summed E-state index contributed by atoms with van der Waals surface area (Å²) in [5.41, 5.74) is 0. The van der Waals surface area contributed by atoms with E-state index in [4.69, 9.17) is 9.47 Å². The lowest BCUT2D eigenvalue weighted by atomic mass is 10.00. The maximum absolute atomic E-state index is 13.8. The lowest BCUT2D eigenvalue weighted by Crippen LogP contribution is -2.50. The predicted molar refractivity (Wildman–Crippen MR) is 116 cm³/mol. The number of ether oxygens (including phenoxy) is 2. The third kappa shape index (κ3) is 4.86. The first-order valence-electron chi connectivity index (χ1n) is 10.8. The van der Waals surface area contributed by atoms with Crippen LogP contribution in [-0.4, -0.2) is 63.1 Å². The molecule has 0 N–H and O–H groups in total. The van der Waals surface area contributed by atoms with E-state index in [1.165, 1.54) is 13.2 Å². The molecular formula is C23H29FN2O4S. The second-order valence-electron chi connectivity index (χ2n) is 8.07. The highest BCUT2D eigenvalue weighted by Gasteiger charge is 2.34. The summed E-state index contributed by atoms with van der Waals surface area (Å²) in [5, 5.41) is 0. The standard InChI is InChI=1S/C23H29FN2O4S/c1-29-22-8-4-5-9-23(22)31(27,28)26-16-10-18(11-17-26)25-14-12-19(13-15-25)30-21-7-3-2-6-20(21)24/h2-9,18-19H,10-17H2,1H3. The molecule has 2 saturated heterocycles. The highest BCUT2D eigenvalue weighted by Crippen LogP contribution is 2.30. The van der Waals surface area contributed by atoms with E-state index in [2.05, 4.69) is 4.90 Å². The minimum Gasteiger partial charge on any atom is -0.495 e. The molecule has 168 valence electrons. The van der Waals surface area contributed by atoms with E-state index >= 15 is 0 Å². The summed E-state index contributed by atoms with van der Waals surface area (Å²) in [4.78, 5) is 2.65. The number of methoxy groups -OCH3 is 1. The molecule has 2 fully saturated rings. The molecule has 4 rings (SSSR count). The average Bonchev–Trinajstić information content (AvgIpc) is 2.81. The van der Waals surface area contributed by atoms with E-state index in [-0.39, 0.29) is 16.8 Å². The topological polar surface area (TPSA) is 59.1 Å². The number of rotatable bonds is 6. The molecule has 0 saturated carbocycles. The fraction of sp³-hybridized carbons (Fsp3) is 0.478. The Kier molecular flexibility index (Phi) is 6.79. The first-order valence-corrected chi connectivity index (χ1v) is 12.2. The number of likely N-dealkylation sites (tertiary alicyclic amines) is 1. The van der Waals surface area contributed by atoms with Crippen LogP contribution in [-0.2, 0) is 10.0 Å². The zero-order valence-electron chi connectivity index (χ0n) is 17.7. The fourth-order valence-corrected chi connectivity index (χ4v) is 6.12. The van der Waals surface area contributed by atoms with Crippen molar-refractivity contribution in [2.75, 3.05) is 33.3 Å². The molecule has 6 nitrogen and oxygen atoms in total. The summed E-state index contributed by atoms with van der Waals surface area (Å²) in [6.07, 6.45) is 3.29. The van der Waals surface area contributed by atoms with Crippen LogP contribution >= 0.6 is 0 Å². The number of hydrogen-bond donors (Lipinski definition) is 0. The van der Waals surface area contributed by atoms with Crippen LogP contribution in [0.5, 0.6) is 11.5 Å². The van der Waals surface area contributed by atoms with Gasteiger partial charge in [-0.1, -0.05) is 24.3 Å². The number of hydrogen-bond acceptors (Lipinski definition) is 5. The van der Waals surface area contributed by atoms with Crippen molar-refractivity contribution < 1.29 is 22.3 Å². The fourth-order valence-electron chi connectivity index (χ4n) is 4.50. The predicted octanol–water partition coefficient (Wildman–Crippen LogP) is 3.53. The summed E-state index contributed by atoms with van der Waals surface area (Å²) in [5.74, 6) is 0.367. The molecule has 0 amide bonds. The van der Waals surface area contributed by atoms with Gasteiger partial charge in [0.2, 0.25) is 10.0 Å². The second kappa shape index (κ2) is 9.54. The van der Waals surface area contributed by atoms with Crippen LogP contribution in [0.15, 0.2) is 53.4 Å². The molecule has 0 bridgehead atoms. The lowest BCUT2D eigenvalue weighted by molar-refractivity contribution is 0.0567. The number of sulfonamides is 1. The van der Waals surface area contributed by atoms with Gasteiger partial charge in [-0.25, -0.2) is 12.8 Å². The Balaban J connectivity index is 1.30. The monoisotopic (exact) mass is 448 g/mol. The van der Waals surface area contributed by atoms with Crippen molar-refractivity contribution in [2.45, 2.75) is 42.7 Å². The van der Waals surface area contributed by atoms with Crippen LogP contribution in [0.1, 0.15) is 25.7 Å². The van der Waals surface area contributed by atoms with Crippen molar-refractivity contribution in [1.82, 2.24) is 9.21 Å². The third-order valence-electron chi connectivity index (χ3n) is 6.23. The summed E-state index contributed by atoms with van der Waals surface area (Å²) in [6.45, 7) is 2.75. The van der Waals surface area contributed by atoms with E-state index < -0.39 is 10.0 Å². The molecule has 8 heteroatoms. The molecule has 2 aliphatic rings. The first-order chi connectivity index (χ1) is 15.0. The summed E-state index contributed by atoms with van der Waals surface area (Å²) in [7, 11) is -2.09. The zero-order chi connectivity index (χ0) is 21.8. The van der Waals surface area contributed by atoms with Crippen molar-refractivity contribution in [3.8, 4) is 11.5 Å². The highest BCUT2D eigenvalue weighted by atomic mass is 32.2. The second-order valence-corrected chi connectivity index (χ2v) is 9.98. The Morgan fingerprint density at radius 1 is 0.871 bits per heavy atom. The first kappa shape index (κ1) is 22.0. The van der Waals surface area contributed by atoms with Gasteiger partial charge in [0.15, 0.2) is 11.6 Å². The Hall–Kier alpha value is -2.16. The van der Waals surface area contributed by atoms with E-state index in [9.17, 15) is 12.8 Å². The Bertz CT molecular complexity index is 985. The van der Waals surface area contributed by atoms with E-state index in [1.807, 2.05) is 0 Å². The van der Waals surface area contributed by atoms with Gasteiger partial charge in [-0.2, -0.15) is 4.31 Å². The number of para-hydroxylation sites is 2. The average molecular weight is 449 g/mol. The minimum absolute atomic E-state index is 0.0131. The normalized spacial score (nSPS) is 19.9. The minimum atomic E-state index is -3.57. The van der Waals surface area contributed by atoms with Gasteiger partial charge in [0.1, 0.15) is 16.7 Å². The molecule has 0 spiro atoms. The summed E-state index contributed by atoms with van der Waals surface area (Å²) < 4.78 is 52.6. The molecule has 2 aromatic carbocycles. The molecule has 0 aromatic heterocycles. The summed E-state index contributed by atoms with van der Waals surface area (Å²) >= 11 is 0. The van der Waals surface area contributed by atoms with Crippen molar-refractivity contribution in [1.29, 1.82) is 0 Å². The molecule has 2 aliphatic heterocycles. The molecule has 0 radical (unpaired) electrons. The van der Waals surface area contributed by atoms with Gasteiger partial charge in [0.05, 0.1) is 7.11 Å². The molecule has 2 heterocycles. The largest absolute Gasteiger partial charge is 0.495 e. The molecule has 0 atom stereocenters. The number of piperidine rings is 2. The zero-order valence-corrected chi connectivity index (χ0v) is 18.6. The van der Waals surface area contributed by atoms with Crippen molar-refractivity contribution >= 4 is 10.0 Å². The van der Waals surface area contributed by atoms with E-state index in [0.29, 0.717) is 30.6 Å². The molecule has 0 unspecified atom stereocenters. The lowest BCUT2D eigenvalue weighted by Gasteiger charge is -2.41. The Morgan fingerprint density at radius 3 is 2.13 bits per heavy atom. The maximum Gasteiger partial charge on any atom is 0.246 e. The van der Waals surface area contributed by atoms with Gasteiger partial charge in [-0.05, 0) is 49.9 Å². The quantitative estimate of drug-likeness (QED) is 0.677. The molecule has 31 heavy (non-hydrogen) atoms. The maximum atomic E-state index is 13.8. The molecular weight excluding hydrogens is 419 g/mol. The smallest absolute Gasteiger partial charge is 0.246 e. The van der Waals surface area contributed by atoms with Crippen LogP contribution in [0.4, 0.5) is 4.39 Å². The summed E-state index contributed by atoms with van der Waals surface area (Å²) in [6, 6.07) is 13.6. The van der Waals surface area contributed by atoms with Crippen molar-refractivity contribution in [3.05, 3.63) is 54.3 Å². The van der Waals surface area contributed by atoms with Crippen LogP contribution in [0.2, 0.25) is 0 Å². The third-order valence-corrected chi connectivity index (χ3v) is 8.17. The van der Waals surface area contributed by atoms with Crippen LogP contribution in [0, 0.1) is 5.82 Å². The van der Waals surface area contributed by atoms with Gasteiger partial charge in [-0.15, -0.1) is 0 Å². The van der Waals surface area contributed by atoms with Gasteiger partial charge < -0.3 is 14.4 Å². The van der Waals surface area contributed by atoms with Gasteiger partial charge >= 0.3 is 0 Å². The van der Waals surface area contributed by atoms with Crippen LogP contribution < -0.4 is 9.47 Å². The van der Waals surface area contributed by atoms with Crippen molar-refractivity contribution in [3.63, 3.8) is 0 Å². The van der Waals surface area contributed by atoms with Crippen LogP contribution in [0.25, 0.3) is 0 Å². The van der Waals surface area contributed by atoms with Gasteiger partial charge in [-0.3, -0.25) is 0 Å². The van der Waals surface area contributed by atoms with E-state index in [0.717, 1.165) is 38.8 Å². The molecule has 0 aliphatic carbocycles. The number of benzene rings is 2.